The fourth-order valence-corrected chi connectivity index (χ4v) is 4.39. The number of rotatable bonds is 7. The monoisotopic (exact) mass is 449 g/mol. The number of nitrogens with zero attached hydrogens (tertiary/aromatic N) is 4. The minimum absolute atomic E-state index is 0.113. The fourth-order valence-electron chi connectivity index (χ4n) is 2.98. The zero-order chi connectivity index (χ0) is 22.6. The van der Waals surface area contributed by atoms with Crippen LogP contribution in [0.5, 0.6) is 5.88 Å². The summed E-state index contributed by atoms with van der Waals surface area (Å²) in [5.74, 6) is -1.09. The molecule has 1 unspecified atom stereocenters. The molecule has 2 aromatic carbocycles. The van der Waals surface area contributed by atoms with Crippen LogP contribution in [-0.2, 0) is 9.09 Å². The fraction of sp³-hybridized carbons (Fsp3) is 0.0909. The topological polar surface area (TPSA) is 119 Å². The lowest BCUT2D eigenvalue weighted by Gasteiger charge is -2.24. The number of aromatic hydroxyl groups is 1. The summed E-state index contributed by atoms with van der Waals surface area (Å²) in [6.07, 6.45) is 3.30. The zero-order valence-electron chi connectivity index (χ0n) is 17.1. The van der Waals surface area contributed by atoms with Gasteiger partial charge >= 0.3 is 0 Å². The van der Waals surface area contributed by atoms with E-state index >= 15 is 0 Å². The van der Waals surface area contributed by atoms with E-state index in [0.29, 0.717) is 10.9 Å². The lowest BCUT2D eigenvalue weighted by atomic mass is 10.2. The molecule has 162 valence electrons. The molecule has 0 fully saturated rings. The van der Waals surface area contributed by atoms with Crippen molar-refractivity contribution in [1.29, 1.82) is 0 Å². The number of aromatic nitrogens is 4. The third-order valence-electron chi connectivity index (χ3n) is 4.61. The maximum absolute atomic E-state index is 13.3. The predicted octanol–water partition coefficient (Wildman–Crippen LogP) is 3.05. The first kappa shape index (κ1) is 21.4. The molecular formula is C22H20N5O4P. The SMILES string of the molecule is CP(=O)(O[C@H](NC(=O)c1cnc(-n2cccn2)nc1O)c1ccccc1)c1ccccc1. The summed E-state index contributed by atoms with van der Waals surface area (Å²) in [6, 6.07) is 19.3. The van der Waals surface area contributed by atoms with Crippen molar-refractivity contribution in [3.8, 4) is 11.8 Å². The summed E-state index contributed by atoms with van der Waals surface area (Å²) in [6.45, 7) is 1.49. The van der Waals surface area contributed by atoms with Crippen LogP contribution in [0.3, 0.4) is 0 Å². The van der Waals surface area contributed by atoms with E-state index < -0.39 is 25.4 Å². The predicted molar refractivity (Wildman–Crippen MR) is 118 cm³/mol. The third kappa shape index (κ3) is 4.74. The third-order valence-corrected chi connectivity index (χ3v) is 6.46. The van der Waals surface area contributed by atoms with E-state index in [9.17, 15) is 14.5 Å². The van der Waals surface area contributed by atoms with Crippen molar-refractivity contribution in [2.45, 2.75) is 6.23 Å². The van der Waals surface area contributed by atoms with E-state index in [2.05, 4.69) is 20.4 Å². The van der Waals surface area contributed by atoms with Crippen molar-refractivity contribution >= 4 is 18.6 Å². The Hall–Kier alpha value is -3.81. The lowest BCUT2D eigenvalue weighted by Crippen LogP contribution is -2.31. The molecule has 2 aromatic heterocycles. The number of carbonyl (C=O) groups is 1. The molecule has 0 aliphatic carbocycles. The molecule has 2 N–H and O–H groups in total. The molecule has 2 atom stereocenters. The van der Waals surface area contributed by atoms with Gasteiger partial charge in [-0.15, -0.1) is 0 Å². The molecule has 4 rings (SSSR count). The van der Waals surface area contributed by atoms with Gasteiger partial charge in [0.1, 0.15) is 5.56 Å². The Labute approximate surface area is 184 Å². The first-order valence-corrected chi connectivity index (χ1v) is 11.7. The molecule has 0 saturated heterocycles. The summed E-state index contributed by atoms with van der Waals surface area (Å²) in [7, 11) is -3.29. The van der Waals surface area contributed by atoms with Crippen molar-refractivity contribution < 1.29 is 19.0 Å². The quantitative estimate of drug-likeness (QED) is 0.329. The van der Waals surface area contributed by atoms with Gasteiger partial charge in [0.15, 0.2) is 6.23 Å². The molecule has 0 aliphatic rings. The van der Waals surface area contributed by atoms with Gasteiger partial charge in [0.2, 0.25) is 13.2 Å². The Kier molecular flexibility index (Phi) is 6.11. The number of benzene rings is 2. The zero-order valence-corrected chi connectivity index (χ0v) is 18.0. The minimum atomic E-state index is -3.29. The highest BCUT2D eigenvalue weighted by Gasteiger charge is 2.28. The molecule has 9 nitrogen and oxygen atoms in total. The molecule has 4 aromatic rings. The number of hydrogen-bond donors (Lipinski definition) is 2. The number of nitrogens with one attached hydrogen (secondary N) is 1. The van der Waals surface area contributed by atoms with Gasteiger partial charge in [-0.3, -0.25) is 13.9 Å². The molecule has 0 aliphatic heterocycles. The van der Waals surface area contributed by atoms with Crippen molar-refractivity contribution in [3.63, 3.8) is 0 Å². The minimum Gasteiger partial charge on any atom is -0.493 e. The molecule has 0 saturated carbocycles. The van der Waals surface area contributed by atoms with Crippen LogP contribution in [-0.4, -0.2) is 37.4 Å². The van der Waals surface area contributed by atoms with Gasteiger partial charge in [0, 0.05) is 36.1 Å². The second-order valence-electron chi connectivity index (χ2n) is 6.91. The number of hydrogen-bond acceptors (Lipinski definition) is 7. The lowest BCUT2D eigenvalue weighted by molar-refractivity contribution is 0.0834. The smallest absolute Gasteiger partial charge is 0.260 e. The van der Waals surface area contributed by atoms with Crippen LogP contribution in [0.15, 0.2) is 85.3 Å². The highest BCUT2D eigenvalue weighted by atomic mass is 31.2. The van der Waals surface area contributed by atoms with Crippen LogP contribution >= 0.6 is 7.37 Å². The van der Waals surface area contributed by atoms with Gasteiger partial charge in [-0.05, 0) is 18.2 Å². The second-order valence-corrected chi connectivity index (χ2v) is 9.33. The Morgan fingerprint density at radius 2 is 1.78 bits per heavy atom. The van der Waals surface area contributed by atoms with E-state index in [0.717, 1.165) is 0 Å². The Balaban J connectivity index is 1.60. The molecule has 0 bridgehead atoms. The highest BCUT2D eigenvalue weighted by molar-refractivity contribution is 7.66. The van der Waals surface area contributed by atoms with Gasteiger partial charge in [0.25, 0.3) is 11.9 Å². The van der Waals surface area contributed by atoms with Crippen molar-refractivity contribution in [1.82, 2.24) is 25.1 Å². The van der Waals surface area contributed by atoms with Gasteiger partial charge < -0.3 is 10.4 Å². The normalized spacial score (nSPS) is 13.8. The van der Waals surface area contributed by atoms with Crippen LogP contribution in [0.25, 0.3) is 5.95 Å². The van der Waals surface area contributed by atoms with Crippen LogP contribution < -0.4 is 10.6 Å². The van der Waals surface area contributed by atoms with Crippen molar-refractivity contribution in [2.75, 3.05) is 6.66 Å². The summed E-state index contributed by atoms with van der Waals surface area (Å²) < 4.78 is 20.6. The number of carbonyl (C=O) groups excluding carboxylic acids is 1. The molecule has 0 radical (unpaired) electrons. The standard InChI is InChI=1S/C22H20N5O4P/c1-32(30,17-11-6-3-7-12-17)31-21(16-9-4-2-5-10-16)25-19(28)18-15-23-22(26-20(18)29)27-14-8-13-24-27/h2-15,21H,1H3,(H,25,28)(H,23,26,29)/t21-,32?/m0/s1. The van der Waals surface area contributed by atoms with Gasteiger partial charge in [0.05, 0.1) is 0 Å². The first-order chi connectivity index (χ1) is 15.4. The summed E-state index contributed by atoms with van der Waals surface area (Å²) >= 11 is 0. The summed E-state index contributed by atoms with van der Waals surface area (Å²) in [5.41, 5.74) is 0.434. The second kappa shape index (κ2) is 9.13. The van der Waals surface area contributed by atoms with Crippen molar-refractivity contribution in [3.05, 3.63) is 96.4 Å². The van der Waals surface area contributed by atoms with Gasteiger partial charge in [-0.25, -0.2) is 9.67 Å². The van der Waals surface area contributed by atoms with Crippen LogP contribution in [0.4, 0.5) is 0 Å². The highest BCUT2D eigenvalue weighted by Crippen LogP contribution is 2.45. The van der Waals surface area contributed by atoms with Crippen LogP contribution in [0, 0.1) is 0 Å². The van der Waals surface area contributed by atoms with Crippen molar-refractivity contribution in [2.24, 2.45) is 0 Å². The van der Waals surface area contributed by atoms with E-state index in [4.69, 9.17) is 4.52 Å². The number of amides is 1. The summed E-state index contributed by atoms with van der Waals surface area (Å²) in [4.78, 5) is 20.9. The van der Waals surface area contributed by atoms with Gasteiger partial charge in [-0.1, -0.05) is 48.5 Å². The Morgan fingerprint density at radius 1 is 1.09 bits per heavy atom. The molecule has 1 amide bonds. The molecule has 10 heteroatoms. The largest absolute Gasteiger partial charge is 0.493 e. The average molecular weight is 449 g/mol. The van der Waals surface area contributed by atoms with E-state index in [1.807, 2.05) is 12.1 Å². The van der Waals surface area contributed by atoms with Crippen LogP contribution in [0.2, 0.25) is 0 Å². The maximum atomic E-state index is 13.3. The molecular weight excluding hydrogens is 429 g/mol. The summed E-state index contributed by atoms with van der Waals surface area (Å²) in [5, 5.41) is 17.5. The van der Waals surface area contributed by atoms with Crippen LogP contribution in [0.1, 0.15) is 22.1 Å². The first-order valence-electron chi connectivity index (χ1n) is 9.67. The Morgan fingerprint density at radius 3 is 2.41 bits per heavy atom. The molecule has 0 spiro atoms. The van der Waals surface area contributed by atoms with E-state index in [1.165, 1.54) is 17.5 Å². The molecule has 32 heavy (non-hydrogen) atoms. The average Bonchev–Trinajstić information content (AvgIpc) is 3.34. The van der Waals surface area contributed by atoms with Gasteiger partial charge in [-0.2, -0.15) is 10.1 Å². The van der Waals surface area contributed by atoms with E-state index in [-0.39, 0.29) is 11.5 Å². The van der Waals surface area contributed by atoms with E-state index in [1.54, 1.807) is 67.0 Å². The Bertz CT molecular complexity index is 1250. The molecule has 2 heterocycles. The maximum Gasteiger partial charge on any atom is 0.260 e.